The topological polar surface area (TPSA) is 50.5 Å². The van der Waals surface area contributed by atoms with E-state index in [-0.39, 0.29) is 11.9 Å². The maximum absolute atomic E-state index is 10.3. The summed E-state index contributed by atoms with van der Waals surface area (Å²) in [5.41, 5.74) is 2.94. The fraction of sp³-hybridized carbons (Fsp3) is 0.286. The number of ether oxygens (including phenoxy) is 1. The summed E-state index contributed by atoms with van der Waals surface area (Å²) in [6, 6.07) is 19.6. The number of likely N-dealkylation sites (N-methyl/N-ethyl adjacent to an activating group) is 1. The van der Waals surface area contributed by atoms with Crippen LogP contribution in [0, 0.1) is 0 Å². The Kier molecular flexibility index (Phi) is 6.04. The van der Waals surface area contributed by atoms with Crippen LogP contribution in [0.5, 0.6) is 5.75 Å². The first-order chi connectivity index (χ1) is 12.6. The second kappa shape index (κ2) is 8.65. The number of benzene rings is 2. The molecular weight excluding hydrogens is 326 g/mol. The Bertz CT molecular complexity index is 817. The van der Waals surface area contributed by atoms with Crippen molar-refractivity contribution < 1.29 is 9.84 Å². The minimum Gasteiger partial charge on any atom is -0.508 e. The second-order valence-corrected chi connectivity index (χ2v) is 6.41. The monoisotopic (exact) mass is 351 g/mol. The molecular formula is C21H25N3O2. The van der Waals surface area contributed by atoms with E-state index >= 15 is 0 Å². The van der Waals surface area contributed by atoms with E-state index in [0.29, 0.717) is 6.61 Å². The summed E-state index contributed by atoms with van der Waals surface area (Å²) in [7, 11) is 3.96. The number of aromatic nitrogens is 2. The first-order valence-corrected chi connectivity index (χ1v) is 8.75. The third-order valence-electron chi connectivity index (χ3n) is 4.40. The van der Waals surface area contributed by atoms with Crippen LogP contribution < -0.4 is 0 Å². The second-order valence-electron chi connectivity index (χ2n) is 6.41. The molecule has 0 spiro atoms. The quantitative estimate of drug-likeness (QED) is 0.676. The van der Waals surface area contributed by atoms with E-state index in [2.05, 4.69) is 41.3 Å². The van der Waals surface area contributed by atoms with Crippen molar-refractivity contribution in [3.05, 3.63) is 83.7 Å². The molecule has 1 N–H and O–H groups in total. The van der Waals surface area contributed by atoms with Gasteiger partial charge in [-0.15, -0.1) is 0 Å². The van der Waals surface area contributed by atoms with E-state index in [9.17, 15) is 5.11 Å². The van der Waals surface area contributed by atoms with Gasteiger partial charge in [-0.25, -0.2) is 0 Å². The van der Waals surface area contributed by atoms with Crippen LogP contribution >= 0.6 is 0 Å². The Morgan fingerprint density at radius 1 is 1.08 bits per heavy atom. The van der Waals surface area contributed by atoms with Gasteiger partial charge in [-0.05, 0) is 24.7 Å². The third kappa shape index (κ3) is 4.50. The summed E-state index contributed by atoms with van der Waals surface area (Å²) in [6.07, 6.45) is 1.39. The fourth-order valence-corrected chi connectivity index (χ4v) is 2.99. The predicted octanol–water partition coefficient (Wildman–Crippen LogP) is 3.36. The number of phenolic OH excluding ortho intramolecular Hbond substituents is 1. The smallest absolute Gasteiger partial charge is 0.128 e. The Morgan fingerprint density at radius 2 is 1.81 bits per heavy atom. The average molecular weight is 351 g/mol. The van der Waals surface area contributed by atoms with Gasteiger partial charge < -0.3 is 9.84 Å². The summed E-state index contributed by atoms with van der Waals surface area (Å²) in [6.45, 7) is 2.21. The Labute approximate surface area is 154 Å². The average Bonchev–Trinajstić information content (AvgIpc) is 3.06. The lowest BCUT2D eigenvalue weighted by Crippen LogP contribution is -2.24. The highest BCUT2D eigenvalue weighted by atomic mass is 16.5. The molecule has 0 fully saturated rings. The summed E-state index contributed by atoms with van der Waals surface area (Å²) in [5, 5.41) is 14.5. The number of hydrogen-bond acceptors (Lipinski definition) is 4. The molecule has 3 aromatic rings. The molecule has 0 aliphatic heterocycles. The molecule has 26 heavy (non-hydrogen) atoms. The molecule has 0 radical (unpaired) electrons. The van der Waals surface area contributed by atoms with Crippen LogP contribution in [-0.4, -0.2) is 40.0 Å². The molecule has 1 atom stereocenters. The van der Waals surface area contributed by atoms with E-state index < -0.39 is 0 Å². The molecule has 136 valence electrons. The van der Waals surface area contributed by atoms with Gasteiger partial charge in [0.05, 0.1) is 12.3 Å². The van der Waals surface area contributed by atoms with Crippen molar-refractivity contribution in [2.75, 3.05) is 20.2 Å². The number of aromatic hydroxyl groups is 1. The fourth-order valence-electron chi connectivity index (χ4n) is 2.99. The number of para-hydroxylation sites is 1. The summed E-state index contributed by atoms with van der Waals surface area (Å²) in [4.78, 5) is 2.22. The van der Waals surface area contributed by atoms with Gasteiger partial charge in [0, 0.05) is 31.9 Å². The molecule has 0 saturated heterocycles. The van der Waals surface area contributed by atoms with Gasteiger partial charge in [-0.3, -0.25) is 9.58 Å². The van der Waals surface area contributed by atoms with Gasteiger partial charge in [0.25, 0.3) is 0 Å². The Balaban J connectivity index is 1.65. The standard InChI is InChI=1S/C21H25N3O2/c1-23(16-17-8-4-3-5-9-17)14-15-26-21(19-12-13-22-24(19)2)18-10-6-7-11-20(18)25/h3-13,21,25H,14-16H2,1-2H3. The molecule has 1 unspecified atom stereocenters. The Morgan fingerprint density at radius 3 is 2.50 bits per heavy atom. The molecule has 5 heteroatoms. The number of hydrogen-bond donors (Lipinski definition) is 1. The molecule has 1 heterocycles. The van der Waals surface area contributed by atoms with Crippen LogP contribution in [0.2, 0.25) is 0 Å². The number of rotatable bonds is 8. The van der Waals surface area contributed by atoms with Crippen molar-refractivity contribution in [2.45, 2.75) is 12.6 Å². The minimum absolute atomic E-state index is 0.233. The minimum atomic E-state index is -0.353. The van der Waals surface area contributed by atoms with Crippen molar-refractivity contribution in [1.82, 2.24) is 14.7 Å². The molecule has 0 aliphatic carbocycles. The predicted molar refractivity (Wildman–Crippen MR) is 102 cm³/mol. The van der Waals surface area contributed by atoms with Crippen LogP contribution in [0.1, 0.15) is 22.9 Å². The van der Waals surface area contributed by atoms with E-state index in [1.54, 1.807) is 16.9 Å². The lowest BCUT2D eigenvalue weighted by atomic mass is 10.1. The largest absolute Gasteiger partial charge is 0.508 e. The highest BCUT2D eigenvalue weighted by Gasteiger charge is 2.21. The normalized spacial score (nSPS) is 12.4. The molecule has 0 amide bonds. The van der Waals surface area contributed by atoms with Crippen molar-refractivity contribution in [3.8, 4) is 5.75 Å². The van der Waals surface area contributed by atoms with Crippen molar-refractivity contribution >= 4 is 0 Å². The van der Waals surface area contributed by atoms with Gasteiger partial charge in [0.2, 0.25) is 0 Å². The van der Waals surface area contributed by atoms with E-state index in [0.717, 1.165) is 24.3 Å². The van der Waals surface area contributed by atoms with Crippen LogP contribution in [0.3, 0.4) is 0 Å². The zero-order chi connectivity index (χ0) is 18.4. The van der Waals surface area contributed by atoms with Gasteiger partial charge in [-0.2, -0.15) is 5.10 Å². The Hall–Kier alpha value is -2.63. The van der Waals surface area contributed by atoms with E-state index in [4.69, 9.17) is 4.74 Å². The summed E-state index contributed by atoms with van der Waals surface area (Å²) < 4.78 is 7.96. The highest BCUT2D eigenvalue weighted by Crippen LogP contribution is 2.31. The SMILES string of the molecule is CN(CCOC(c1ccccc1O)c1ccnn1C)Cc1ccccc1. The van der Waals surface area contributed by atoms with Gasteiger partial charge in [-0.1, -0.05) is 48.5 Å². The van der Waals surface area contributed by atoms with Crippen LogP contribution in [0.4, 0.5) is 0 Å². The lowest BCUT2D eigenvalue weighted by Gasteiger charge is -2.22. The summed E-state index contributed by atoms with van der Waals surface area (Å²) in [5.74, 6) is 0.233. The lowest BCUT2D eigenvalue weighted by molar-refractivity contribution is 0.0576. The van der Waals surface area contributed by atoms with Crippen molar-refractivity contribution in [3.63, 3.8) is 0 Å². The molecule has 0 aliphatic rings. The zero-order valence-corrected chi connectivity index (χ0v) is 15.2. The molecule has 5 nitrogen and oxygen atoms in total. The molecule has 2 aromatic carbocycles. The third-order valence-corrected chi connectivity index (χ3v) is 4.40. The van der Waals surface area contributed by atoms with Crippen LogP contribution in [0.15, 0.2) is 66.9 Å². The van der Waals surface area contributed by atoms with Crippen LogP contribution in [-0.2, 0) is 18.3 Å². The maximum atomic E-state index is 10.3. The molecule has 0 bridgehead atoms. The summed E-state index contributed by atoms with van der Waals surface area (Å²) >= 11 is 0. The molecule has 1 aromatic heterocycles. The van der Waals surface area contributed by atoms with E-state index in [1.807, 2.05) is 37.4 Å². The molecule has 0 saturated carbocycles. The maximum Gasteiger partial charge on any atom is 0.128 e. The highest BCUT2D eigenvalue weighted by molar-refractivity contribution is 5.37. The van der Waals surface area contributed by atoms with Crippen molar-refractivity contribution in [2.24, 2.45) is 7.05 Å². The van der Waals surface area contributed by atoms with Gasteiger partial charge >= 0.3 is 0 Å². The number of aryl methyl sites for hydroxylation is 1. The number of nitrogens with zero attached hydrogens (tertiary/aromatic N) is 3. The number of phenols is 1. The van der Waals surface area contributed by atoms with Crippen molar-refractivity contribution in [1.29, 1.82) is 0 Å². The van der Waals surface area contributed by atoms with Crippen LogP contribution in [0.25, 0.3) is 0 Å². The first-order valence-electron chi connectivity index (χ1n) is 8.75. The first kappa shape index (κ1) is 18.2. The van der Waals surface area contributed by atoms with E-state index in [1.165, 1.54) is 5.56 Å². The van der Waals surface area contributed by atoms with Gasteiger partial charge in [0.15, 0.2) is 0 Å². The zero-order valence-electron chi connectivity index (χ0n) is 15.2. The van der Waals surface area contributed by atoms with Gasteiger partial charge in [0.1, 0.15) is 11.9 Å². The molecule has 3 rings (SSSR count).